The van der Waals surface area contributed by atoms with Crippen LogP contribution in [0.25, 0.3) is 0 Å². The summed E-state index contributed by atoms with van der Waals surface area (Å²) >= 11 is 0. The number of aromatic amines is 1. The standard InChI is InChI=1S/C11H16N2O3/c1-3-6-5-8(6)13-10(15)7(4-2)9(14)12-11(13)16/h6,8,15H,3-5H2,1-2H3,(H,12,14,16). The first-order valence-electron chi connectivity index (χ1n) is 5.66. The number of hydrogen-bond donors (Lipinski definition) is 2. The summed E-state index contributed by atoms with van der Waals surface area (Å²) in [5.74, 6) is 0.288. The molecule has 16 heavy (non-hydrogen) atoms. The van der Waals surface area contributed by atoms with Crippen LogP contribution < -0.4 is 11.2 Å². The fraction of sp³-hybridized carbons (Fsp3) is 0.636. The summed E-state index contributed by atoms with van der Waals surface area (Å²) < 4.78 is 1.33. The Balaban J connectivity index is 2.54. The predicted octanol–water partition coefficient (Wildman–Crippen LogP) is 0.776. The summed E-state index contributed by atoms with van der Waals surface area (Å²) in [7, 11) is 0. The topological polar surface area (TPSA) is 75.1 Å². The van der Waals surface area contributed by atoms with E-state index in [4.69, 9.17) is 0 Å². The fourth-order valence-corrected chi connectivity index (χ4v) is 2.19. The maximum Gasteiger partial charge on any atom is 0.331 e. The summed E-state index contributed by atoms with van der Waals surface area (Å²) in [4.78, 5) is 25.3. The van der Waals surface area contributed by atoms with E-state index in [0.29, 0.717) is 17.9 Å². The van der Waals surface area contributed by atoms with Crippen molar-refractivity contribution in [1.82, 2.24) is 9.55 Å². The molecule has 5 heteroatoms. The molecule has 88 valence electrons. The number of aromatic nitrogens is 2. The first-order chi connectivity index (χ1) is 7.60. The predicted molar refractivity (Wildman–Crippen MR) is 59.8 cm³/mol. The van der Waals surface area contributed by atoms with Crippen molar-refractivity contribution in [3.63, 3.8) is 0 Å². The highest BCUT2D eigenvalue weighted by molar-refractivity contribution is 5.24. The van der Waals surface area contributed by atoms with Crippen LogP contribution in [0.5, 0.6) is 5.88 Å². The maximum absolute atomic E-state index is 11.6. The molecule has 0 saturated heterocycles. The minimum atomic E-state index is -0.499. The highest BCUT2D eigenvalue weighted by Crippen LogP contribution is 2.46. The third-order valence-corrected chi connectivity index (χ3v) is 3.31. The molecule has 0 bridgehead atoms. The number of H-pyrrole nitrogens is 1. The Hall–Kier alpha value is -1.52. The molecule has 1 aromatic heterocycles. The van der Waals surface area contributed by atoms with Crippen LogP contribution in [-0.4, -0.2) is 14.7 Å². The average Bonchev–Trinajstić information content (AvgIpc) is 2.97. The highest BCUT2D eigenvalue weighted by Gasteiger charge is 2.39. The molecule has 2 unspecified atom stereocenters. The zero-order valence-corrected chi connectivity index (χ0v) is 9.49. The molecule has 1 aliphatic rings. The van der Waals surface area contributed by atoms with Crippen LogP contribution in [0.3, 0.4) is 0 Å². The van der Waals surface area contributed by atoms with Crippen molar-refractivity contribution in [2.75, 3.05) is 0 Å². The minimum Gasteiger partial charge on any atom is -0.494 e. The number of rotatable bonds is 3. The first-order valence-corrected chi connectivity index (χ1v) is 5.66. The van der Waals surface area contributed by atoms with E-state index in [1.807, 2.05) is 0 Å². The van der Waals surface area contributed by atoms with Crippen LogP contribution in [0.2, 0.25) is 0 Å². The van der Waals surface area contributed by atoms with Gasteiger partial charge >= 0.3 is 5.69 Å². The van der Waals surface area contributed by atoms with Gasteiger partial charge in [-0.2, -0.15) is 0 Å². The molecular weight excluding hydrogens is 208 g/mol. The van der Waals surface area contributed by atoms with Gasteiger partial charge in [-0.3, -0.25) is 14.3 Å². The lowest BCUT2D eigenvalue weighted by atomic mass is 10.2. The van der Waals surface area contributed by atoms with Crippen LogP contribution in [0, 0.1) is 5.92 Å². The molecule has 2 rings (SSSR count). The van der Waals surface area contributed by atoms with Crippen molar-refractivity contribution in [1.29, 1.82) is 0 Å². The Morgan fingerprint density at radius 1 is 1.44 bits per heavy atom. The van der Waals surface area contributed by atoms with Crippen LogP contribution >= 0.6 is 0 Å². The van der Waals surface area contributed by atoms with E-state index in [2.05, 4.69) is 11.9 Å². The number of aromatic hydroxyl groups is 1. The van der Waals surface area contributed by atoms with Gasteiger partial charge in [-0.25, -0.2) is 4.79 Å². The van der Waals surface area contributed by atoms with Crippen LogP contribution in [0.4, 0.5) is 0 Å². The normalized spacial score (nSPS) is 23.4. The van der Waals surface area contributed by atoms with Crippen molar-refractivity contribution < 1.29 is 5.11 Å². The minimum absolute atomic E-state index is 0.0552. The van der Waals surface area contributed by atoms with Gasteiger partial charge in [-0.15, -0.1) is 0 Å². The lowest BCUT2D eigenvalue weighted by Gasteiger charge is -2.09. The second-order valence-corrected chi connectivity index (χ2v) is 4.26. The smallest absolute Gasteiger partial charge is 0.331 e. The third kappa shape index (κ3) is 1.56. The number of nitrogens with zero attached hydrogens (tertiary/aromatic N) is 1. The molecule has 1 aliphatic carbocycles. The maximum atomic E-state index is 11.6. The molecule has 1 fully saturated rings. The fourth-order valence-electron chi connectivity index (χ4n) is 2.19. The van der Waals surface area contributed by atoms with Gasteiger partial charge in [-0.1, -0.05) is 20.3 Å². The van der Waals surface area contributed by atoms with E-state index >= 15 is 0 Å². The van der Waals surface area contributed by atoms with Gasteiger partial charge in [0.2, 0.25) is 5.88 Å². The van der Waals surface area contributed by atoms with Crippen LogP contribution in [0.1, 0.15) is 38.3 Å². The summed E-state index contributed by atoms with van der Waals surface area (Å²) in [5.41, 5.74) is -0.683. The van der Waals surface area contributed by atoms with E-state index in [0.717, 1.165) is 12.8 Å². The molecule has 1 saturated carbocycles. The Kier molecular flexibility index (Phi) is 2.61. The molecule has 1 heterocycles. The molecule has 1 aromatic rings. The quantitative estimate of drug-likeness (QED) is 0.796. The Labute approximate surface area is 92.7 Å². The van der Waals surface area contributed by atoms with Crippen LogP contribution in [-0.2, 0) is 6.42 Å². The number of hydrogen-bond acceptors (Lipinski definition) is 3. The van der Waals surface area contributed by atoms with Gasteiger partial charge < -0.3 is 5.11 Å². The summed E-state index contributed by atoms with van der Waals surface area (Å²) in [6, 6.07) is 0.0552. The van der Waals surface area contributed by atoms with E-state index in [9.17, 15) is 14.7 Å². The molecule has 0 aliphatic heterocycles. The van der Waals surface area contributed by atoms with Crippen molar-refractivity contribution >= 4 is 0 Å². The number of nitrogens with one attached hydrogen (secondary N) is 1. The molecular formula is C11H16N2O3. The van der Waals surface area contributed by atoms with Crippen molar-refractivity contribution in [2.45, 2.75) is 39.2 Å². The van der Waals surface area contributed by atoms with Crippen molar-refractivity contribution in [3.8, 4) is 5.88 Å². The second kappa shape index (κ2) is 3.81. The molecule has 0 radical (unpaired) electrons. The third-order valence-electron chi connectivity index (χ3n) is 3.31. The van der Waals surface area contributed by atoms with Crippen molar-refractivity contribution in [2.24, 2.45) is 5.92 Å². The average molecular weight is 224 g/mol. The monoisotopic (exact) mass is 224 g/mol. The summed E-state index contributed by atoms with van der Waals surface area (Å²) in [5, 5.41) is 9.92. The SMILES string of the molecule is CCc1c(O)n(C2CC2CC)c(=O)[nH]c1=O. The zero-order chi connectivity index (χ0) is 11.9. The molecule has 0 spiro atoms. The van der Waals surface area contributed by atoms with Gasteiger partial charge in [0, 0.05) is 6.04 Å². The van der Waals surface area contributed by atoms with E-state index in [-0.39, 0.29) is 11.9 Å². The summed E-state index contributed by atoms with van der Waals surface area (Å²) in [6.45, 7) is 3.84. The van der Waals surface area contributed by atoms with Gasteiger partial charge in [0.05, 0.1) is 5.56 Å². The van der Waals surface area contributed by atoms with Gasteiger partial charge in [0.1, 0.15) is 0 Å². The Morgan fingerprint density at radius 3 is 2.62 bits per heavy atom. The summed E-state index contributed by atoms with van der Waals surface area (Å²) in [6.07, 6.45) is 2.31. The second-order valence-electron chi connectivity index (χ2n) is 4.26. The highest BCUT2D eigenvalue weighted by atomic mass is 16.3. The molecule has 2 atom stereocenters. The molecule has 5 nitrogen and oxygen atoms in total. The van der Waals surface area contributed by atoms with Crippen LogP contribution in [0.15, 0.2) is 9.59 Å². The molecule has 0 amide bonds. The van der Waals surface area contributed by atoms with E-state index in [1.165, 1.54) is 4.57 Å². The molecule has 0 aromatic carbocycles. The Morgan fingerprint density at radius 2 is 2.12 bits per heavy atom. The molecule has 2 N–H and O–H groups in total. The van der Waals surface area contributed by atoms with Gasteiger partial charge in [0.15, 0.2) is 0 Å². The lowest BCUT2D eigenvalue weighted by Crippen LogP contribution is -2.32. The lowest BCUT2D eigenvalue weighted by molar-refractivity contribution is 0.388. The largest absolute Gasteiger partial charge is 0.494 e. The van der Waals surface area contributed by atoms with E-state index in [1.54, 1.807) is 6.92 Å². The Bertz CT molecular complexity index is 515. The first kappa shape index (κ1) is 11.0. The zero-order valence-electron chi connectivity index (χ0n) is 9.49. The van der Waals surface area contributed by atoms with E-state index < -0.39 is 11.2 Å². The van der Waals surface area contributed by atoms with Gasteiger partial charge in [0.25, 0.3) is 5.56 Å². The van der Waals surface area contributed by atoms with Gasteiger partial charge in [-0.05, 0) is 18.8 Å². The van der Waals surface area contributed by atoms with Crippen molar-refractivity contribution in [3.05, 3.63) is 26.4 Å².